The van der Waals surface area contributed by atoms with Gasteiger partial charge in [-0.15, -0.1) is 11.3 Å². The van der Waals surface area contributed by atoms with E-state index in [-0.39, 0.29) is 6.04 Å². The molecule has 3 nitrogen and oxygen atoms in total. The third-order valence-electron chi connectivity index (χ3n) is 3.04. The second-order valence-electron chi connectivity index (χ2n) is 4.00. The molecule has 0 aliphatic rings. The lowest BCUT2D eigenvalue weighted by Gasteiger charge is -2.15. The Morgan fingerprint density at radius 2 is 2.19 bits per heavy atom. The molecule has 0 aliphatic carbocycles. The zero-order valence-electron chi connectivity index (χ0n) is 10.1. The van der Waals surface area contributed by atoms with Crippen molar-refractivity contribution in [3.05, 3.63) is 39.3 Å². The Balaban J connectivity index is 2.45. The van der Waals surface area contributed by atoms with E-state index in [0.29, 0.717) is 0 Å². The number of aryl methyl sites for hydroxylation is 2. The van der Waals surface area contributed by atoms with Gasteiger partial charge in [0.15, 0.2) is 0 Å². The van der Waals surface area contributed by atoms with Crippen LogP contribution >= 0.6 is 11.3 Å². The van der Waals surface area contributed by atoms with E-state index in [1.807, 2.05) is 25.0 Å². The molecule has 0 spiro atoms. The van der Waals surface area contributed by atoms with Crippen molar-refractivity contribution < 1.29 is 0 Å². The fourth-order valence-corrected chi connectivity index (χ4v) is 2.96. The molecule has 0 aliphatic heterocycles. The summed E-state index contributed by atoms with van der Waals surface area (Å²) in [6.45, 7) is 4.26. The molecule has 0 saturated carbocycles. The van der Waals surface area contributed by atoms with Crippen LogP contribution in [0.3, 0.4) is 0 Å². The average Bonchev–Trinajstić information content (AvgIpc) is 2.81. The highest BCUT2D eigenvalue weighted by Gasteiger charge is 2.19. The molecule has 0 fully saturated rings. The van der Waals surface area contributed by atoms with Crippen LogP contribution in [0.5, 0.6) is 0 Å². The normalized spacial score (nSPS) is 13.0. The van der Waals surface area contributed by atoms with Gasteiger partial charge in [-0.1, -0.05) is 0 Å². The molecule has 0 radical (unpaired) electrons. The summed E-state index contributed by atoms with van der Waals surface area (Å²) in [5, 5.41) is 9.82. The van der Waals surface area contributed by atoms with E-state index in [1.165, 1.54) is 21.7 Å². The molecular weight excluding hydrogens is 218 g/mol. The van der Waals surface area contributed by atoms with Crippen molar-refractivity contribution in [3.8, 4) is 0 Å². The smallest absolute Gasteiger partial charge is 0.0704 e. The first-order valence-electron chi connectivity index (χ1n) is 5.35. The molecule has 86 valence electrons. The van der Waals surface area contributed by atoms with E-state index in [1.54, 1.807) is 11.3 Å². The van der Waals surface area contributed by atoms with E-state index in [9.17, 15) is 0 Å². The zero-order valence-corrected chi connectivity index (χ0v) is 10.9. The minimum absolute atomic E-state index is 0.258. The molecule has 1 unspecified atom stereocenters. The standard InChI is InChI=1S/C12H17N3S/c1-8-5-6-16-12(8)11(13-3)10-7-14-15(4)9(10)2/h5-7,11,13H,1-4H3. The maximum atomic E-state index is 4.31. The lowest BCUT2D eigenvalue weighted by atomic mass is 10.0. The second kappa shape index (κ2) is 4.39. The van der Waals surface area contributed by atoms with Gasteiger partial charge in [-0.3, -0.25) is 4.68 Å². The van der Waals surface area contributed by atoms with Gasteiger partial charge in [0.1, 0.15) is 0 Å². The number of rotatable bonds is 3. The third kappa shape index (κ3) is 1.79. The van der Waals surface area contributed by atoms with Crippen LogP contribution in [0.4, 0.5) is 0 Å². The molecule has 2 aromatic rings. The molecule has 0 aromatic carbocycles. The number of hydrogen-bond donors (Lipinski definition) is 1. The Morgan fingerprint density at radius 3 is 2.62 bits per heavy atom. The number of nitrogens with one attached hydrogen (secondary N) is 1. The molecule has 4 heteroatoms. The van der Waals surface area contributed by atoms with Crippen LogP contribution < -0.4 is 5.32 Å². The fraction of sp³-hybridized carbons (Fsp3) is 0.417. The maximum Gasteiger partial charge on any atom is 0.0704 e. The first kappa shape index (κ1) is 11.4. The van der Waals surface area contributed by atoms with Gasteiger partial charge in [0, 0.05) is 23.2 Å². The van der Waals surface area contributed by atoms with Crippen molar-refractivity contribution in [1.82, 2.24) is 15.1 Å². The summed E-state index contributed by atoms with van der Waals surface area (Å²) < 4.78 is 1.92. The molecule has 1 atom stereocenters. The summed E-state index contributed by atoms with van der Waals surface area (Å²) in [6, 6.07) is 2.42. The SMILES string of the molecule is CNC(c1cnn(C)c1C)c1sccc1C. The Kier molecular flexibility index (Phi) is 3.12. The summed E-state index contributed by atoms with van der Waals surface area (Å²) in [7, 11) is 3.98. The predicted molar refractivity (Wildman–Crippen MR) is 67.9 cm³/mol. The monoisotopic (exact) mass is 235 g/mol. The average molecular weight is 235 g/mol. The van der Waals surface area contributed by atoms with Crippen LogP contribution in [0.25, 0.3) is 0 Å². The first-order valence-corrected chi connectivity index (χ1v) is 6.23. The summed E-state index contributed by atoms with van der Waals surface area (Å²) in [5.41, 5.74) is 3.82. The number of hydrogen-bond acceptors (Lipinski definition) is 3. The van der Waals surface area contributed by atoms with E-state index < -0.39 is 0 Å². The van der Waals surface area contributed by atoms with Crippen molar-refractivity contribution in [2.75, 3.05) is 7.05 Å². The number of aromatic nitrogens is 2. The van der Waals surface area contributed by atoms with Gasteiger partial charge in [-0.25, -0.2) is 0 Å². The Hall–Kier alpha value is -1.13. The lowest BCUT2D eigenvalue weighted by Crippen LogP contribution is -2.18. The van der Waals surface area contributed by atoms with Crippen LogP contribution in [-0.4, -0.2) is 16.8 Å². The van der Waals surface area contributed by atoms with E-state index in [0.717, 1.165) is 0 Å². The van der Waals surface area contributed by atoms with Crippen molar-refractivity contribution >= 4 is 11.3 Å². The molecule has 16 heavy (non-hydrogen) atoms. The van der Waals surface area contributed by atoms with Gasteiger partial charge >= 0.3 is 0 Å². The largest absolute Gasteiger partial charge is 0.309 e. The van der Waals surface area contributed by atoms with Crippen LogP contribution in [0, 0.1) is 13.8 Å². The van der Waals surface area contributed by atoms with Crippen LogP contribution in [0.1, 0.15) is 27.7 Å². The Bertz CT molecular complexity index is 484. The van der Waals surface area contributed by atoms with Crippen molar-refractivity contribution in [3.63, 3.8) is 0 Å². The van der Waals surface area contributed by atoms with E-state index >= 15 is 0 Å². The van der Waals surface area contributed by atoms with E-state index in [2.05, 4.69) is 35.7 Å². The molecule has 2 aromatic heterocycles. The van der Waals surface area contributed by atoms with Crippen molar-refractivity contribution in [2.24, 2.45) is 7.05 Å². The summed E-state index contributed by atoms with van der Waals surface area (Å²) in [4.78, 5) is 1.37. The Morgan fingerprint density at radius 1 is 1.44 bits per heavy atom. The molecule has 2 heterocycles. The highest BCUT2D eigenvalue weighted by molar-refractivity contribution is 7.10. The van der Waals surface area contributed by atoms with Gasteiger partial charge in [0.05, 0.1) is 12.2 Å². The minimum Gasteiger partial charge on any atom is -0.309 e. The first-order chi connectivity index (χ1) is 7.65. The van der Waals surface area contributed by atoms with Crippen molar-refractivity contribution in [2.45, 2.75) is 19.9 Å². The lowest BCUT2D eigenvalue weighted by molar-refractivity contribution is 0.686. The molecular formula is C12H17N3S. The quantitative estimate of drug-likeness (QED) is 0.885. The maximum absolute atomic E-state index is 4.31. The van der Waals surface area contributed by atoms with Crippen LogP contribution in [-0.2, 0) is 7.05 Å². The molecule has 2 rings (SSSR count). The van der Waals surface area contributed by atoms with Gasteiger partial charge in [-0.05, 0) is 37.9 Å². The van der Waals surface area contributed by atoms with Crippen LogP contribution in [0.15, 0.2) is 17.6 Å². The third-order valence-corrected chi connectivity index (χ3v) is 4.12. The second-order valence-corrected chi connectivity index (χ2v) is 4.95. The molecule has 0 amide bonds. The molecule has 0 bridgehead atoms. The van der Waals surface area contributed by atoms with Gasteiger partial charge in [0.25, 0.3) is 0 Å². The summed E-state index contributed by atoms with van der Waals surface area (Å²) in [6.07, 6.45) is 1.95. The van der Waals surface area contributed by atoms with Gasteiger partial charge < -0.3 is 5.32 Å². The minimum atomic E-state index is 0.258. The summed E-state index contributed by atoms with van der Waals surface area (Å²) in [5.74, 6) is 0. The Labute approximate surface area is 100 Å². The highest BCUT2D eigenvalue weighted by atomic mass is 32.1. The van der Waals surface area contributed by atoms with Crippen LogP contribution in [0.2, 0.25) is 0 Å². The van der Waals surface area contributed by atoms with Gasteiger partial charge in [0.2, 0.25) is 0 Å². The number of thiophene rings is 1. The molecule has 1 N–H and O–H groups in total. The van der Waals surface area contributed by atoms with Crippen molar-refractivity contribution in [1.29, 1.82) is 0 Å². The van der Waals surface area contributed by atoms with Gasteiger partial charge in [-0.2, -0.15) is 5.10 Å². The van der Waals surface area contributed by atoms with E-state index in [4.69, 9.17) is 0 Å². The number of nitrogens with zero attached hydrogens (tertiary/aromatic N) is 2. The molecule has 0 saturated heterocycles. The zero-order chi connectivity index (χ0) is 11.7. The summed E-state index contributed by atoms with van der Waals surface area (Å²) >= 11 is 1.80. The topological polar surface area (TPSA) is 29.9 Å². The highest BCUT2D eigenvalue weighted by Crippen LogP contribution is 2.30. The fourth-order valence-electron chi connectivity index (χ4n) is 1.91. The predicted octanol–water partition coefficient (Wildman–Crippen LogP) is 2.41.